The number of para-hydroxylation sites is 1. The van der Waals surface area contributed by atoms with Crippen molar-refractivity contribution >= 4 is 17.4 Å². The summed E-state index contributed by atoms with van der Waals surface area (Å²) in [5, 5.41) is 3.41. The molecule has 0 spiro atoms. The van der Waals surface area contributed by atoms with E-state index in [4.69, 9.17) is 0 Å². The van der Waals surface area contributed by atoms with E-state index in [9.17, 15) is 0 Å². The van der Waals surface area contributed by atoms with Gasteiger partial charge in [-0.1, -0.05) is 42.1 Å². The van der Waals surface area contributed by atoms with Gasteiger partial charge in [-0.3, -0.25) is 0 Å². The third-order valence-electron chi connectivity index (χ3n) is 3.17. The highest BCUT2D eigenvalue weighted by Crippen LogP contribution is 2.35. The molecule has 0 saturated carbocycles. The maximum Gasteiger partial charge on any atom is 0.0508 e. The molecule has 2 nitrogen and oxygen atoms in total. The molecule has 0 bridgehead atoms. The van der Waals surface area contributed by atoms with Crippen LogP contribution in [-0.2, 0) is 0 Å². The summed E-state index contributed by atoms with van der Waals surface area (Å²) in [6, 6.07) is 8.70. The average Bonchev–Trinajstić information content (AvgIpc) is 2.48. The van der Waals surface area contributed by atoms with Crippen LogP contribution in [0.3, 0.4) is 0 Å². The third kappa shape index (κ3) is 3.88. The quantitative estimate of drug-likeness (QED) is 0.666. The van der Waals surface area contributed by atoms with E-state index in [0.29, 0.717) is 0 Å². The van der Waals surface area contributed by atoms with E-state index >= 15 is 0 Å². The smallest absolute Gasteiger partial charge is 0.0508 e. The molecule has 0 aliphatic carbocycles. The number of hydrogen-bond acceptors (Lipinski definition) is 3. The molecule has 102 valence electrons. The van der Waals surface area contributed by atoms with Crippen LogP contribution >= 0.6 is 11.8 Å². The van der Waals surface area contributed by atoms with E-state index in [1.165, 1.54) is 15.5 Å². The van der Waals surface area contributed by atoms with Gasteiger partial charge in [-0.05, 0) is 26.0 Å². The lowest BCUT2D eigenvalue weighted by Crippen LogP contribution is -2.43. The number of nitrogens with zero attached hydrogens (tertiary/aromatic N) is 1. The highest BCUT2D eigenvalue weighted by molar-refractivity contribution is 8.03. The molecule has 1 fully saturated rings. The van der Waals surface area contributed by atoms with Crippen LogP contribution in [-0.4, -0.2) is 26.2 Å². The first-order valence-electron chi connectivity index (χ1n) is 6.86. The van der Waals surface area contributed by atoms with E-state index in [1.807, 2.05) is 11.8 Å². The fraction of sp³-hybridized carbons (Fsp3) is 0.375. The number of rotatable bonds is 4. The molecule has 1 heterocycles. The molecule has 1 aromatic carbocycles. The zero-order chi connectivity index (χ0) is 13.5. The summed E-state index contributed by atoms with van der Waals surface area (Å²) in [4.78, 5) is 5.11. The Morgan fingerprint density at radius 2 is 1.95 bits per heavy atom. The van der Waals surface area contributed by atoms with Crippen molar-refractivity contribution in [1.29, 1.82) is 0 Å². The summed E-state index contributed by atoms with van der Waals surface area (Å²) in [7, 11) is 0. The SMILES string of the molecule is C/C=C\C(=C/C)Sc1ccccc1N1CCNCC1. The van der Waals surface area contributed by atoms with Gasteiger partial charge in [0.25, 0.3) is 0 Å². The number of allylic oxidation sites excluding steroid dienone is 3. The predicted molar refractivity (Wildman–Crippen MR) is 86.0 cm³/mol. The van der Waals surface area contributed by atoms with Gasteiger partial charge >= 0.3 is 0 Å². The van der Waals surface area contributed by atoms with Gasteiger partial charge in [0.05, 0.1) is 5.69 Å². The van der Waals surface area contributed by atoms with Crippen molar-refractivity contribution in [1.82, 2.24) is 5.32 Å². The Hall–Kier alpha value is -1.19. The van der Waals surface area contributed by atoms with Gasteiger partial charge in [-0.25, -0.2) is 0 Å². The maximum atomic E-state index is 3.41. The second-order valence-corrected chi connectivity index (χ2v) is 5.61. The molecule has 0 aromatic heterocycles. The van der Waals surface area contributed by atoms with Gasteiger partial charge in [0.2, 0.25) is 0 Å². The molecular formula is C16H22N2S. The summed E-state index contributed by atoms with van der Waals surface area (Å²) < 4.78 is 0. The molecule has 1 saturated heterocycles. The third-order valence-corrected chi connectivity index (χ3v) is 4.34. The van der Waals surface area contributed by atoms with E-state index in [0.717, 1.165) is 26.2 Å². The van der Waals surface area contributed by atoms with Crippen molar-refractivity contribution < 1.29 is 0 Å². The van der Waals surface area contributed by atoms with E-state index in [-0.39, 0.29) is 0 Å². The molecule has 1 aromatic rings. The summed E-state index contributed by atoms with van der Waals surface area (Å²) in [6.07, 6.45) is 6.42. The topological polar surface area (TPSA) is 15.3 Å². The molecular weight excluding hydrogens is 252 g/mol. The summed E-state index contributed by atoms with van der Waals surface area (Å²) >= 11 is 1.85. The Balaban J connectivity index is 2.20. The van der Waals surface area contributed by atoms with Gasteiger partial charge in [-0.15, -0.1) is 0 Å². The normalized spacial score (nSPS) is 17.2. The maximum absolute atomic E-state index is 3.41. The zero-order valence-electron chi connectivity index (χ0n) is 11.7. The van der Waals surface area contributed by atoms with Crippen LogP contribution in [0.15, 0.2) is 52.3 Å². The highest BCUT2D eigenvalue weighted by atomic mass is 32.2. The lowest BCUT2D eigenvalue weighted by molar-refractivity contribution is 0.587. The zero-order valence-corrected chi connectivity index (χ0v) is 12.5. The fourth-order valence-corrected chi connectivity index (χ4v) is 3.22. The molecule has 1 N–H and O–H groups in total. The monoisotopic (exact) mass is 274 g/mol. The Morgan fingerprint density at radius 3 is 2.63 bits per heavy atom. The van der Waals surface area contributed by atoms with Crippen LogP contribution in [0.4, 0.5) is 5.69 Å². The minimum atomic E-state index is 1.07. The van der Waals surface area contributed by atoms with Crippen molar-refractivity contribution in [3.05, 3.63) is 47.4 Å². The second kappa shape index (κ2) is 7.41. The number of nitrogens with one attached hydrogen (secondary N) is 1. The Morgan fingerprint density at radius 1 is 1.21 bits per heavy atom. The standard InChI is InChI=1S/C16H22N2S/c1-3-7-14(4-2)19-16-9-6-5-8-15(16)18-12-10-17-11-13-18/h3-9,17H,10-13H2,1-2H3/b7-3-,14-4+. The Bertz CT molecular complexity index is 460. The van der Waals surface area contributed by atoms with Gasteiger partial charge in [0.15, 0.2) is 0 Å². The number of piperazine rings is 1. The molecule has 0 unspecified atom stereocenters. The lowest BCUT2D eigenvalue weighted by atomic mass is 10.2. The van der Waals surface area contributed by atoms with Crippen molar-refractivity contribution in [2.24, 2.45) is 0 Å². The summed E-state index contributed by atoms with van der Waals surface area (Å²) in [6.45, 7) is 8.48. The summed E-state index contributed by atoms with van der Waals surface area (Å²) in [5.41, 5.74) is 1.36. The number of hydrogen-bond donors (Lipinski definition) is 1. The van der Waals surface area contributed by atoms with Crippen LogP contribution in [0.5, 0.6) is 0 Å². The van der Waals surface area contributed by atoms with Crippen LogP contribution in [0.25, 0.3) is 0 Å². The first kappa shape index (κ1) is 14.2. The minimum Gasteiger partial charge on any atom is -0.368 e. The van der Waals surface area contributed by atoms with Gasteiger partial charge in [0.1, 0.15) is 0 Å². The van der Waals surface area contributed by atoms with Gasteiger partial charge in [0, 0.05) is 36.0 Å². The molecule has 1 aliphatic heterocycles. The van der Waals surface area contributed by atoms with E-state index in [1.54, 1.807) is 0 Å². The number of thioether (sulfide) groups is 1. The largest absolute Gasteiger partial charge is 0.368 e. The first-order chi connectivity index (χ1) is 9.35. The van der Waals surface area contributed by atoms with Crippen LogP contribution in [0.2, 0.25) is 0 Å². The highest BCUT2D eigenvalue weighted by Gasteiger charge is 2.14. The number of benzene rings is 1. The average molecular weight is 274 g/mol. The molecule has 0 amide bonds. The Kier molecular flexibility index (Phi) is 5.55. The van der Waals surface area contributed by atoms with Crippen molar-refractivity contribution in [2.75, 3.05) is 31.1 Å². The van der Waals surface area contributed by atoms with E-state index < -0.39 is 0 Å². The molecule has 0 radical (unpaired) electrons. The minimum absolute atomic E-state index is 1.07. The van der Waals surface area contributed by atoms with Crippen molar-refractivity contribution in [3.63, 3.8) is 0 Å². The molecule has 1 aliphatic rings. The van der Waals surface area contributed by atoms with Crippen LogP contribution in [0, 0.1) is 0 Å². The van der Waals surface area contributed by atoms with Gasteiger partial charge in [-0.2, -0.15) is 0 Å². The first-order valence-corrected chi connectivity index (χ1v) is 7.68. The van der Waals surface area contributed by atoms with Crippen LogP contribution in [0.1, 0.15) is 13.8 Å². The van der Waals surface area contributed by atoms with Crippen molar-refractivity contribution in [3.8, 4) is 0 Å². The lowest BCUT2D eigenvalue weighted by Gasteiger charge is -2.31. The molecule has 19 heavy (non-hydrogen) atoms. The van der Waals surface area contributed by atoms with Crippen LogP contribution < -0.4 is 10.2 Å². The molecule has 2 rings (SSSR count). The molecule has 3 heteroatoms. The van der Waals surface area contributed by atoms with Gasteiger partial charge < -0.3 is 10.2 Å². The second-order valence-electron chi connectivity index (χ2n) is 4.50. The predicted octanol–water partition coefficient (Wildman–Crippen LogP) is 3.67. The Labute approximate surface area is 120 Å². The summed E-state index contributed by atoms with van der Waals surface area (Å²) in [5.74, 6) is 0. The molecule has 0 atom stereocenters. The fourth-order valence-electron chi connectivity index (χ4n) is 2.19. The number of anilines is 1. The van der Waals surface area contributed by atoms with E-state index in [2.05, 4.69) is 66.6 Å². The van der Waals surface area contributed by atoms with Crippen molar-refractivity contribution in [2.45, 2.75) is 18.7 Å².